The summed E-state index contributed by atoms with van der Waals surface area (Å²) in [5.74, 6) is 0. The molecule has 0 atom stereocenters. The molecule has 2 N–H and O–H groups in total. The number of aliphatic hydroxyl groups is 2. The zero-order valence-electron chi connectivity index (χ0n) is 10.4. The Bertz CT molecular complexity index is 348. The topological polar surface area (TPSA) is 40.5 Å². The molecule has 0 amide bonds. The third-order valence-corrected chi connectivity index (χ3v) is 2.43. The van der Waals surface area contributed by atoms with Gasteiger partial charge in [-0.1, -0.05) is 36.4 Å². The predicted molar refractivity (Wildman–Crippen MR) is 67.0 cm³/mol. The Kier molecular flexibility index (Phi) is 3.56. The molecule has 1 rings (SSSR count). The second-order valence-electron chi connectivity index (χ2n) is 5.09. The molecule has 0 heterocycles. The lowest BCUT2D eigenvalue weighted by Crippen LogP contribution is -2.36. The van der Waals surface area contributed by atoms with Gasteiger partial charge in [-0.2, -0.15) is 0 Å². The van der Waals surface area contributed by atoms with E-state index in [1.54, 1.807) is 27.7 Å². The van der Waals surface area contributed by atoms with Crippen molar-refractivity contribution in [3.05, 3.63) is 41.5 Å². The van der Waals surface area contributed by atoms with Gasteiger partial charge in [-0.05, 0) is 38.8 Å². The fourth-order valence-electron chi connectivity index (χ4n) is 1.82. The van der Waals surface area contributed by atoms with Crippen LogP contribution in [-0.4, -0.2) is 21.4 Å². The van der Waals surface area contributed by atoms with Gasteiger partial charge < -0.3 is 10.2 Å². The quantitative estimate of drug-likeness (QED) is 0.822. The molecule has 0 aliphatic carbocycles. The molecule has 1 aromatic carbocycles. The van der Waals surface area contributed by atoms with Crippen LogP contribution in [0.15, 0.2) is 35.9 Å². The Morgan fingerprint density at radius 1 is 0.938 bits per heavy atom. The highest BCUT2D eigenvalue weighted by molar-refractivity contribution is 5.56. The van der Waals surface area contributed by atoms with Crippen molar-refractivity contribution in [2.45, 2.75) is 38.9 Å². The van der Waals surface area contributed by atoms with Crippen molar-refractivity contribution in [2.24, 2.45) is 0 Å². The molecule has 0 aliphatic heterocycles. The fourth-order valence-corrected chi connectivity index (χ4v) is 1.82. The Balaban J connectivity index is 3.19. The van der Waals surface area contributed by atoms with Crippen molar-refractivity contribution < 1.29 is 10.2 Å². The summed E-state index contributed by atoms with van der Waals surface area (Å²) in [5, 5.41) is 20.1. The van der Waals surface area contributed by atoms with Gasteiger partial charge in [0, 0.05) is 0 Å². The minimum absolute atomic E-state index is 0.603. The van der Waals surface area contributed by atoms with Crippen LogP contribution in [0.3, 0.4) is 0 Å². The van der Waals surface area contributed by atoms with E-state index in [0.29, 0.717) is 5.57 Å². The summed E-state index contributed by atoms with van der Waals surface area (Å²) in [7, 11) is 0. The maximum atomic E-state index is 10.0. The van der Waals surface area contributed by atoms with Crippen molar-refractivity contribution in [1.29, 1.82) is 0 Å². The Hall–Kier alpha value is -1.12. The number of benzene rings is 1. The van der Waals surface area contributed by atoms with Crippen LogP contribution in [0, 0.1) is 0 Å². The van der Waals surface area contributed by atoms with Gasteiger partial charge in [-0.3, -0.25) is 0 Å². The van der Waals surface area contributed by atoms with Gasteiger partial charge in [0.1, 0.15) is 0 Å². The third-order valence-electron chi connectivity index (χ3n) is 2.43. The molecule has 0 aromatic heterocycles. The van der Waals surface area contributed by atoms with E-state index < -0.39 is 11.2 Å². The smallest absolute Gasteiger partial charge is 0.0831 e. The van der Waals surface area contributed by atoms with Crippen LogP contribution >= 0.6 is 0 Å². The summed E-state index contributed by atoms with van der Waals surface area (Å²) in [6.07, 6.45) is 1.83. The average molecular weight is 220 g/mol. The highest BCUT2D eigenvalue weighted by atomic mass is 16.3. The first-order valence-electron chi connectivity index (χ1n) is 5.44. The van der Waals surface area contributed by atoms with Crippen molar-refractivity contribution in [3.8, 4) is 0 Å². The maximum absolute atomic E-state index is 10.0. The highest BCUT2D eigenvalue weighted by Gasteiger charge is 2.31. The summed E-state index contributed by atoms with van der Waals surface area (Å²) in [6, 6.07) is 9.68. The molecule has 16 heavy (non-hydrogen) atoms. The van der Waals surface area contributed by atoms with E-state index in [0.717, 1.165) is 5.56 Å². The van der Waals surface area contributed by atoms with Crippen LogP contribution in [0.1, 0.15) is 33.3 Å². The first kappa shape index (κ1) is 12.9. The number of hydrogen-bond donors (Lipinski definition) is 2. The Morgan fingerprint density at radius 2 is 1.38 bits per heavy atom. The minimum Gasteiger partial charge on any atom is -0.386 e. The van der Waals surface area contributed by atoms with Crippen molar-refractivity contribution in [1.82, 2.24) is 0 Å². The van der Waals surface area contributed by atoms with Crippen LogP contribution in [0.5, 0.6) is 0 Å². The zero-order valence-corrected chi connectivity index (χ0v) is 10.4. The number of rotatable bonds is 3. The molecule has 0 bridgehead atoms. The Morgan fingerprint density at radius 3 is 1.75 bits per heavy atom. The van der Waals surface area contributed by atoms with Crippen LogP contribution in [-0.2, 0) is 0 Å². The lowest BCUT2D eigenvalue weighted by atomic mass is 9.84. The molecule has 0 unspecified atom stereocenters. The molecule has 0 saturated carbocycles. The van der Waals surface area contributed by atoms with Crippen LogP contribution in [0.4, 0.5) is 0 Å². The lowest BCUT2D eigenvalue weighted by Gasteiger charge is -2.31. The molecule has 0 spiro atoms. The standard InChI is InChI=1S/C14H20O2/c1-13(2,15)12(14(3,4)16)10-11-8-6-5-7-9-11/h5-10,15-16H,1-4H3. The van der Waals surface area contributed by atoms with Gasteiger partial charge in [-0.25, -0.2) is 0 Å². The molecular weight excluding hydrogens is 200 g/mol. The second-order valence-corrected chi connectivity index (χ2v) is 5.09. The normalized spacial score (nSPS) is 12.4. The van der Waals surface area contributed by atoms with Gasteiger partial charge in [0.15, 0.2) is 0 Å². The molecule has 88 valence electrons. The SMILES string of the molecule is CC(C)(O)C(=Cc1ccccc1)C(C)(C)O. The Labute approximate surface area is 97.2 Å². The predicted octanol–water partition coefficient (Wildman–Crippen LogP) is 2.61. The van der Waals surface area contributed by atoms with Gasteiger partial charge in [0.05, 0.1) is 11.2 Å². The van der Waals surface area contributed by atoms with Crippen molar-refractivity contribution in [2.75, 3.05) is 0 Å². The van der Waals surface area contributed by atoms with Crippen molar-refractivity contribution in [3.63, 3.8) is 0 Å². The minimum atomic E-state index is -1.03. The van der Waals surface area contributed by atoms with Crippen LogP contribution in [0.2, 0.25) is 0 Å². The van der Waals surface area contributed by atoms with Crippen LogP contribution in [0.25, 0.3) is 6.08 Å². The van der Waals surface area contributed by atoms with E-state index in [9.17, 15) is 10.2 Å². The zero-order chi connectivity index (χ0) is 12.4. The molecule has 0 saturated heterocycles. The molecule has 1 aromatic rings. The van der Waals surface area contributed by atoms with E-state index in [2.05, 4.69) is 0 Å². The largest absolute Gasteiger partial charge is 0.386 e. The third kappa shape index (κ3) is 3.47. The highest BCUT2D eigenvalue weighted by Crippen LogP contribution is 2.29. The summed E-state index contributed by atoms with van der Waals surface area (Å²) < 4.78 is 0. The molecular formula is C14H20O2. The van der Waals surface area contributed by atoms with Gasteiger partial charge in [0.2, 0.25) is 0 Å². The monoisotopic (exact) mass is 220 g/mol. The molecule has 0 fully saturated rings. The number of hydrogen-bond acceptors (Lipinski definition) is 2. The summed E-state index contributed by atoms with van der Waals surface area (Å²) in [6.45, 7) is 6.72. The lowest BCUT2D eigenvalue weighted by molar-refractivity contribution is 0.0436. The van der Waals surface area contributed by atoms with Gasteiger partial charge in [0.25, 0.3) is 0 Å². The molecule has 0 aliphatic rings. The van der Waals surface area contributed by atoms with E-state index in [-0.39, 0.29) is 0 Å². The summed E-state index contributed by atoms with van der Waals surface area (Å²) in [4.78, 5) is 0. The average Bonchev–Trinajstić information content (AvgIpc) is 2.12. The van der Waals surface area contributed by atoms with Crippen molar-refractivity contribution >= 4 is 6.08 Å². The molecule has 0 radical (unpaired) electrons. The van der Waals surface area contributed by atoms with Gasteiger partial charge >= 0.3 is 0 Å². The van der Waals surface area contributed by atoms with E-state index in [1.165, 1.54) is 0 Å². The second kappa shape index (κ2) is 4.40. The van der Waals surface area contributed by atoms with Gasteiger partial charge in [-0.15, -0.1) is 0 Å². The first-order valence-corrected chi connectivity index (χ1v) is 5.44. The first-order chi connectivity index (χ1) is 7.21. The van der Waals surface area contributed by atoms with Crippen LogP contribution < -0.4 is 0 Å². The van der Waals surface area contributed by atoms with E-state index in [1.807, 2.05) is 36.4 Å². The fraction of sp³-hybridized carbons (Fsp3) is 0.429. The summed E-state index contributed by atoms with van der Waals surface area (Å²) >= 11 is 0. The maximum Gasteiger partial charge on any atom is 0.0831 e. The molecule has 2 heteroatoms. The van der Waals surface area contributed by atoms with E-state index in [4.69, 9.17) is 0 Å². The van der Waals surface area contributed by atoms with E-state index >= 15 is 0 Å². The molecule has 2 nitrogen and oxygen atoms in total. The summed E-state index contributed by atoms with van der Waals surface area (Å²) in [5.41, 5.74) is -0.490.